The summed E-state index contributed by atoms with van der Waals surface area (Å²) in [7, 11) is 14.3. The second-order valence-electron chi connectivity index (χ2n) is 26.7. The zero-order chi connectivity index (χ0) is 79.1. The lowest BCUT2D eigenvalue weighted by Crippen LogP contribution is -2.41. The van der Waals surface area contributed by atoms with Crippen LogP contribution in [-0.4, -0.2) is 182 Å². The fourth-order valence-corrected chi connectivity index (χ4v) is 12.9. The van der Waals surface area contributed by atoms with Crippen LogP contribution in [0.2, 0.25) is 15.2 Å². The average molecular weight is 1710 g/mol. The van der Waals surface area contributed by atoms with E-state index in [1.54, 1.807) is 27.4 Å². The van der Waals surface area contributed by atoms with Crippen LogP contribution in [0.1, 0.15) is 51.5 Å². The van der Waals surface area contributed by atoms with Crippen molar-refractivity contribution in [2.75, 3.05) is 146 Å². The van der Waals surface area contributed by atoms with Gasteiger partial charge in [0.2, 0.25) is 17.1 Å². The van der Waals surface area contributed by atoms with Crippen LogP contribution >= 0.6 is 78.3 Å². The van der Waals surface area contributed by atoms with Crippen molar-refractivity contribution in [3.63, 3.8) is 0 Å². The number of carbonyl (C=O) groups is 1. The molecule has 3 fully saturated rings. The topological polar surface area (TPSA) is 252 Å². The number of nitrogens with two attached hydrogens (primary N) is 1. The number of aryl methyl sites for hydroxylation is 3. The van der Waals surface area contributed by atoms with Gasteiger partial charge in [-0.1, -0.05) is 84.9 Å². The molecular formula is C79H96BBr2Cl4N15O9. The number of rotatable bonds is 21. The number of fused-ring (bicyclic) bond motifs is 3. The lowest BCUT2D eigenvalue weighted by atomic mass is 9.79. The zero-order valence-electron chi connectivity index (χ0n) is 64.1. The Bertz CT molecular complexity index is 4780. The van der Waals surface area contributed by atoms with Gasteiger partial charge in [-0.2, -0.15) is 9.97 Å². The molecule has 5 N–H and O–H groups in total. The third-order valence-corrected chi connectivity index (χ3v) is 20.4. The molecule has 0 spiro atoms. The van der Waals surface area contributed by atoms with Crippen LogP contribution in [0.4, 0.5) is 46.3 Å². The van der Waals surface area contributed by atoms with Crippen molar-refractivity contribution in [1.82, 2.24) is 43.6 Å². The number of anilines is 8. The summed E-state index contributed by atoms with van der Waals surface area (Å²) < 4.78 is 51.8. The smallest absolute Gasteiger partial charge is 0.399 e. The molecule has 3 aliphatic heterocycles. The van der Waals surface area contributed by atoms with E-state index in [9.17, 15) is 4.79 Å². The van der Waals surface area contributed by atoms with Gasteiger partial charge in [0, 0.05) is 168 Å². The first-order valence-corrected chi connectivity index (χ1v) is 38.9. The van der Waals surface area contributed by atoms with Gasteiger partial charge in [-0.25, -0.2) is 19.9 Å². The summed E-state index contributed by atoms with van der Waals surface area (Å²) in [5.74, 6) is 4.69. The molecule has 0 aliphatic carbocycles. The number of aromatic nitrogens is 9. The molecule has 586 valence electrons. The maximum absolute atomic E-state index is 9.89. The van der Waals surface area contributed by atoms with Gasteiger partial charge in [0.15, 0.2) is 0 Å². The number of hydrogen-bond donors (Lipinski definition) is 4. The molecule has 3 saturated heterocycles. The Labute approximate surface area is 680 Å². The predicted octanol–water partition coefficient (Wildman–Crippen LogP) is 15.9. The number of methoxy groups -OCH3 is 4. The minimum atomic E-state index is -0.346. The van der Waals surface area contributed by atoms with E-state index in [2.05, 4.69) is 168 Å². The minimum absolute atomic E-state index is 0.304. The maximum atomic E-state index is 9.89. The second-order valence-corrected chi connectivity index (χ2v) is 30.2. The molecule has 0 amide bonds. The Hall–Kier alpha value is -7.71. The van der Waals surface area contributed by atoms with Crippen LogP contribution in [0.15, 0.2) is 148 Å². The molecular weight excluding hydrogens is 1620 g/mol. The molecule has 8 heterocycles. The first kappa shape index (κ1) is 86.3. The van der Waals surface area contributed by atoms with Crippen LogP contribution in [-0.2, 0) is 82.9 Å². The van der Waals surface area contributed by atoms with Crippen LogP contribution < -0.4 is 36.9 Å². The van der Waals surface area contributed by atoms with Gasteiger partial charge in [0.1, 0.15) is 28.4 Å². The first-order valence-electron chi connectivity index (χ1n) is 35.8. The van der Waals surface area contributed by atoms with E-state index < -0.39 is 0 Å². The van der Waals surface area contributed by atoms with Gasteiger partial charge in [-0.05, 0) is 159 Å². The normalized spacial score (nSPS) is 14.3. The predicted molar refractivity (Wildman–Crippen MR) is 454 cm³/mol. The number of hydrogen-bond acceptors (Lipinski definition) is 21. The molecule has 14 rings (SSSR count). The Kier molecular flexibility index (Phi) is 32.7. The van der Waals surface area contributed by atoms with Gasteiger partial charge < -0.3 is 82.9 Å². The number of carbonyl (C=O) groups excluding carboxylic acids is 1. The second kappa shape index (κ2) is 41.7. The Morgan fingerprint density at radius 3 is 1.55 bits per heavy atom. The summed E-state index contributed by atoms with van der Waals surface area (Å²) in [5, 5.41) is 12.3. The van der Waals surface area contributed by atoms with E-state index >= 15 is 0 Å². The molecule has 6 aromatic carbocycles. The van der Waals surface area contributed by atoms with Gasteiger partial charge in [0.25, 0.3) is 0 Å². The van der Waals surface area contributed by atoms with E-state index in [-0.39, 0.29) is 23.6 Å². The van der Waals surface area contributed by atoms with E-state index in [1.807, 2.05) is 112 Å². The number of nitrogens with zero attached hydrogens (tertiary/aromatic N) is 11. The van der Waals surface area contributed by atoms with E-state index in [0.29, 0.717) is 85.6 Å². The molecule has 11 aromatic rings. The zero-order valence-corrected chi connectivity index (χ0v) is 70.3. The molecule has 0 radical (unpaired) electrons. The molecule has 24 nitrogen and oxygen atoms in total. The largest absolute Gasteiger partial charge is 0.494 e. The number of benzene rings is 6. The highest BCUT2D eigenvalue weighted by atomic mass is 79.9. The SMILES string of the molecule is CNc1cc(Br)ccc1N.COCCC(=O)Cl.COCCc1cc2ccc(Br)cc2n1C.COCCc1nc2ccc(-c3cc(Nc4ccc(Cl)cc4)nc(N4CCOCC4)n3)cc2n1C.COCCc1nc2ccc(B3OC(C)(C)C(C)(C)O3)cc2n1C.Clc1ccc(Nc2cc(Cl)nc(N3CCOCC3)n2)cc1. The van der Waals surface area contributed by atoms with Crippen molar-refractivity contribution in [2.45, 2.75) is 64.6 Å². The summed E-state index contributed by atoms with van der Waals surface area (Å²) in [5.41, 5.74) is 18.0. The highest BCUT2D eigenvalue weighted by molar-refractivity contribution is 9.10. The standard InChI is InChI=1S/C25H27ClN6O2.C17H25BN2O3.C14H14Cl2N4O.C12H14BrNO.C7H9BrN2.C4H7ClO2/c1-31-22-15-17(3-8-20(22)28-24(31)9-12-33-2)21-16-23(27-19-6-4-18(26)5-7-19)30-25(29-21)32-10-13-34-14-11-32;1-16(2)17(3,4)23-18(22-16)12-7-8-13-14(11-12)20(5)15(19-13)9-10-21-6;15-10-1-3-11(4-2-10)17-13-9-12(16)18-14(19-13)20-5-7-21-8-6-20;1-14-11(5-6-15-2)7-9-3-4-10(13)8-12(9)14;1-10-7-4-5(8)2-3-6(7)9;1-7-3-2-4(5)6/h3-8,15-16H,9-14H2,1-2H3,(H,27,29,30);7-8,11H,9-10H2,1-6H3;1-4,9H,5-8H2,(H,17,18,19);3-4,7-8H,5-6H2,1-2H3;2-4,10H,9H2,1H3;2-3H2,1H3. The van der Waals surface area contributed by atoms with E-state index in [0.717, 1.165) is 140 Å². The Morgan fingerprint density at radius 2 is 1.04 bits per heavy atom. The molecule has 0 atom stereocenters. The van der Waals surface area contributed by atoms with Crippen LogP contribution in [0.25, 0.3) is 44.2 Å². The number of morpholine rings is 2. The van der Waals surface area contributed by atoms with E-state index in [4.69, 9.17) is 100 Å². The Balaban J connectivity index is 0.000000162. The third kappa shape index (κ3) is 24.4. The van der Waals surface area contributed by atoms with Crippen molar-refractivity contribution >= 4 is 175 Å². The Morgan fingerprint density at radius 1 is 0.545 bits per heavy atom. The summed E-state index contributed by atoms with van der Waals surface area (Å²) in [6, 6.07) is 45.3. The number of imidazole rings is 2. The summed E-state index contributed by atoms with van der Waals surface area (Å²) >= 11 is 29.8. The van der Waals surface area contributed by atoms with Gasteiger partial charge in [0.05, 0.1) is 103 Å². The lowest BCUT2D eigenvalue weighted by molar-refractivity contribution is -0.112. The maximum Gasteiger partial charge on any atom is 0.494 e. The molecule has 3 aliphatic rings. The molecule has 0 unspecified atom stereocenters. The molecule has 110 heavy (non-hydrogen) atoms. The number of halogens is 6. The fraction of sp³-hybridized carbons (Fsp3) is 0.380. The summed E-state index contributed by atoms with van der Waals surface area (Å²) in [6.45, 7) is 16.5. The highest BCUT2D eigenvalue weighted by Crippen LogP contribution is 2.37. The van der Waals surface area contributed by atoms with Crippen molar-refractivity contribution in [3.05, 3.63) is 181 Å². The van der Waals surface area contributed by atoms with Gasteiger partial charge in [-0.3, -0.25) is 4.79 Å². The van der Waals surface area contributed by atoms with E-state index in [1.165, 1.54) is 23.7 Å². The third-order valence-electron chi connectivity index (χ3n) is 18.5. The average Bonchev–Trinajstić information content (AvgIpc) is 1.61. The monoisotopic (exact) mass is 1710 g/mol. The summed E-state index contributed by atoms with van der Waals surface area (Å²) in [4.78, 5) is 42.0. The van der Waals surface area contributed by atoms with Gasteiger partial charge >= 0.3 is 7.12 Å². The van der Waals surface area contributed by atoms with Crippen molar-refractivity contribution in [3.8, 4) is 11.3 Å². The number of nitrogen functional groups attached to an aromatic ring is 1. The lowest BCUT2D eigenvalue weighted by Gasteiger charge is -2.32. The van der Waals surface area contributed by atoms with Crippen molar-refractivity contribution in [1.29, 1.82) is 0 Å². The van der Waals surface area contributed by atoms with Crippen molar-refractivity contribution in [2.24, 2.45) is 21.1 Å². The molecule has 31 heteroatoms. The quantitative estimate of drug-likeness (QED) is 0.0226. The first-order chi connectivity index (χ1) is 52.8. The van der Waals surface area contributed by atoms with Crippen LogP contribution in [0.3, 0.4) is 0 Å². The van der Waals surface area contributed by atoms with Gasteiger partial charge in [-0.15, -0.1) is 0 Å². The minimum Gasteiger partial charge on any atom is -0.399 e. The number of nitrogens with one attached hydrogen (secondary N) is 3. The van der Waals surface area contributed by atoms with Crippen LogP contribution in [0.5, 0.6) is 0 Å². The molecule has 0 bridgehead atoms. The highest BCUT2D eigenvalue weighted by Gasteiger charge is 2.51. The fourth-order valence-electron chi connectivity index (χ4n) is 11.6. The molecule has 5 aromatic heterocycles. The van der Waals surface area contributed by atoms with Crippen molar-refractivity contribution < 1.29 is 42.5 Å². The van der Waals surface area contributed by atoms with Crippen LogP contribution in [0, 0.1) is 0 Å². The summed E-state index contributed by atoms with van der Waals surface area (Å²) in [6.07, 6.45) is 2.83. The molecule has 0 saturated carbocycles. The number of ether oxygens (including phenoxy) is 6.